The maximum absolute atomic E-state index is 13.9. The van der Waals surface area contributed by atoms with Crippen molar-refractivity contribution in [1.29, 1.82) is 0 Å². The Morgan fingerprint density at radius 2 is 1.83 bits per heavy atom. The molecule has 0 aliphatic carbocycles. The zero-order chi connectivity index (χ0) is 16.8. The second-order valence-electron chi connectivity index (χ2n) is 5.06. The summed E-state index contributed by atoms with van der Waals surface area (Å²) in [7, 11) is 0. The van der Waals surface area contributed by atoms with Crippen LogP contribution in [0.4, 0.5) is 9.52 Å². The lowest BCUT2D eigenvalue weighted by Gasteiger charge is -2.04. The zero-order valence-electron chi connectivity index (χ0n) is 12.3. The van der Waals surface area contributed by atoms with Gasteiger partial charge >= 0.3 is 0 Å². The number of carbonyl (C=O) groups is 1. The van der Waals surface area contributed by atoms with E-state index in [2.05, 4.69) is 15.3 Å². The summed E-state index contributed by atoms with van der Waals surface area (Å²) in [6, 6.07) is 7.89. The normalized spacial score (nSPS) is 11.3. The maximum atomic E-state index is 13.9. The number of benzene rings is 2. The standard InChI is InChI=1S/C16H9ClFN3OS2/c1-7-19-10-5-6-11-14(13(10)23-7)24-16(20-11)21-15(22)12-8(17)3-2-4-9(12)18/h2-6H,1H3,(H,20,21,22). The minimum Gasteiger partial charge on any atom is -0.298 e. The number of thiazole rings is 2. The van der Waals surface area contributed by atoms with Crippen molar-refractivity contribution < 1.29 is 9.18 Å². The van der Waals surface area contributed by atoms with Crippen molar-refractivity contribution in [2.45, 2.75) is 6.92 Å². The van der Waals surface area contributed by atoms with E-state index in [0.717, 1.165) is 25.4 Å². The van der Waals surface area contributed by atoms with Gasteiger partial charge in [-0.25, -0.2) is 14.4 Å². The van der Waals surface area contributed by atoms with Gasteiger partial charge in [-0.15, -0.1) is 11.3 Å². The van der Waals surface area contributed by atoms with Gasteiger partial charge in [0, 0.05) is 0 Å². The Kier molecular flexibility index (Phi) is 3.71. The van der Waals surface area contributed by atoms with Gasteiger partial charge in [0.05, 0.1) is 36.0 Å². The van der Waals surface area contributed by atoms with Crippen LogP contribution in [0, 0.1) is 12.7 Å². The molecule has 4 rings (SSSR count). The van der Waals surface area contributed by atoms with Crippen LogP contribution in [-0.4, -0.2) is 15.9 Å². The van der Waals surface area contributed by atoms with Gasteiger partial charge in [-0.1, -0.05) is 29.0 Å². The van der Waals surface area contributed by atoms with Crippen LogP contribution in [0.15, 0.2) is 30.3 Å². The monoisotopic (exact) mass is 377 g/mol. The Bertz CT molecular complexity index is 1090. The number of fused-ring (bicyclic) bond motifs is 3. The quantitative estimate of drug-likeness (QED) is 0.518. The van der Waals surface area contributed by atoms with E-state index in [1.54, 1.807) is 11.3 Å². The molecule has 4 nitrogen and oxygen atoms in total. The van der Waals surface area contributed by atoms with Gasteiger partial charge in [-0.05, 0) is 31.2 Å². The fourth-order valence-electron chi connectivity index (χ4n) is 2.41. The summed E-state index contributed by atoms with van der Waals surface area (Å²) in [4.78, 5) is 21.2. The van der Waals surface area contributed by atoms with Crippen LogP contribution in [0.1, 0.15) is 15.4 Å². The minimum absolute atomic E-state index is 0.0640. The highest BCUT2D eigenvalue weighted by atomic mass is 35.5. The maximum Gasteiger partial charge on any atom is 0.261 e. The molecule has 1 N–H and O–H groups in total. The number of rotatable bonds is 2. The molecule has 8 heteroatoms. The number of halogens is 2. The first-order chi connectivity index (χ1) is 11.5. The van der Waals surface area contributed by atoms with Gasteiger partial charge in [0.25, 0.3) is 5.91 Å². The van der Waals surface area contributed by atoms with Gasteiger partial charge in [-0.3, -0.25) is 10.1 Å². The molecule has 0 radical (unpaired) electrons. The predicted octanol–water partition coefficient (Wildman–Crippen LogP) is 5.26. The third kappa shape index (κ3) is 2.54. The number of hydrogen-bond donors (Lipinski definition) is 1. The smallest absolute Gasteiger partial charge is 0.261 e. The van der Waals surface area contributed by atoms with Crippen molar-refractivity contribution in [2.75, 3.05) is 5.32 Å². The molecule has 24 heavy (non-hydrogen) atoms. The van der Waals surface area contributed by atoms with Crippen molar-refractivity contribution in [3.05, 3.63) is 51.7 Å². The highest BCUT2D eigenvalue weighted by Crippen LogP contribution is 2.36. The molecule has 2 aromatic carbocycles. The number of aryl methyl sites for hydroxylation is 1. The first-order valence-electron chi connectivity index (χ1n) is 6.95. The molecule has 0 unspecified atom stereocenters. The van der Waals surface area contributed by atoms with Crippen LogP contribution in [0.25, 0.3) is 20.4 Å². The lowest BCUT2D eigenvalue weighted by atomic mass is 10.2. The highest BCUT2D eigenvalue weighted by Gasteiger charge is 2.18. The number of nitrogens with one attached hydrogen (secondary N) is 1. The van der Waals surface area contributed by atoms with E-state index in [0.29, 0.717) is 5.13 Å². The second kappa shape index (κ2) is 5.77. The molecule has 0 aliphatic rings. The van der Waals surface area contributed by atoms with Gasteiger partial charge in [-0.2, -0.15) is 0 Å². The fourth-order valence-corrected chi connectivity index (χ4v) is 4.66. The molecule has 2 heterocycles. The molecule has 0 atom stereocenters. The van der Waals surface area contributed by atoms with Crippen LogP contribution in [0.5, 0.6) is 0 Å². The molecule has 4 aromatic rings. The van der Waals surface area contributed by atoms with Crippen molar-refractivity contribution in [2.24, 2.45) is 0 Å². The second-order valence-corrected chi connectivity index (χ2v) is 7.67. The Labute approximate surface area is 148 Å². The van der Waals surface area contributed by atoms with Crippen LogP contribution < -0.4 is 5.32 Å². The topological polar surface area (TPSA) is 54.9 Å². The van der Waals surface area contributed by atoms with E-state index in [-0.39, 0.29) is 10.6 Å². The molecule has 120 valence electrons. The Balaban J connectivity index is 1.75. The zero-order valence-corrected chi connectivity index (χ0v) is 14.7. The lowest BCUT2D eigenvalue weighted by molar-refractivity contribution is 0.102. The summed E-state index contributed by atoms with van der Waals surface area (Å²) in [5, 5.41) is 4.06. The van der Waals surface area contributed by atoms with Gasteiger partial charge in [0.2, 0.25) is 0 Å². The third-order valence-electron chi connectivity index (χ3n) is 3.43. The predicted molar refractivity (Wildman–Crippen MR) is 96.9 cm³/mol. The SMILES string of the molecule is Cc1nc2ccc3nc(NC(=O)c4c(F)cccc4Cl)sc3c2s1. The van der Waals surface area contributed by atoms with E-state index < -0.39 is 11.7 Å². The number of nitrogens with zero attached hydrogens (tertiary/aromatic N) is 2. The van der Waals surface area contributed by atoms with E-state index in [1.807, 2.05) is 19.1 Å². The Hall–Kier alpha value is -2.09. The van der Waals surface area contributed by atoms with Gasteiger partial charge in [0.15, 0.2) is 5.13 Å². The number of carbonyl (C=O) groups excluding carboxylic acids is 1. The van der Waals surface area contributed by atoms with Crippen molar-refractivity contribution >= 4 is 65.7 Å². The summed E-state index contributed by atoms with van der Waals surface area (Å²) in [5.41, 5.74) is 1.49. The molecule has 0 saturated carbocycles. The number of aromatic nitrogens is 2. The summed E-state index contributed by atoms with van der Waals surface area (Å²) in [6.45, 7) is 1.94. The number of anilines is 1. The first kappa shape index (κ1) is 15.4. The first-order valence-corrected chi connectivity index (χ1v) is 8.96. The summed E-state index contributed by atoms with van der Waals surface area (Å²) in [6.07, 6.45) is 0. The molecular weight excluding hydrogens is 369 g/mol. The Morgan fingerprint density at radius 1 is 1.12 bits per heavy atom. The highest BCUT2D eigenvalue weighted by molar-refractivity contribution is 7.28. The molecule has 2 aromatic heterocycles. The average Bonchev–Trinajstić information content (AvgIpc) is 3.08. The molecule has 0 aliphatic heterocycles. The molecule has 0 fully saturated rings. The largest absolute Gasteiger partial charge is 0.298 e. The van der Waals surface area contributed by atoms with E-state index in [1.165, 1.54) is 29.5 Å². The van der Waals surface area contributed by atoms with Crippen molar-refractivity contribution in [3.63, 3.8) is 0 Å². The third-order valence-corrected chi connectivity index (χ3v) is 5.88. The van der Waals surface area contributed by atoms with Crippen LogP contribution in [-0.2, 0) is 0 Å². The molecular formula is C16H9ClFN3OS2. The van der Waals surface area contributed by atoms with Crippen molar-refractivity contribution in [3.8, 4) is 0 Å². The van der Waals surface area contributed by atoms with Crippen LogP contribution in [0.2, 0.25) is 5.02 Å². The molecule has 0 bridgehead atoms. The number of amides is 1. The van der Waals surface area contributed by atoms with Crippen molar-refractivity contribution in [1.82, 2.24) is 9.97 Å². The molecule has 1 amide bonds. The molecule has 0 saturated heterocycles. The van der Waals surface area contributed by atoms with Crippen LogP contribution >= 0.6 is 34.3 Å². The van der Waals surface area contributed by atoms with Gasteiger partial charge < -0.3 is 0 Å². The van der Waals surface area contributed by atoms with Gasteiger partial charge in [0.1, 0.15) is 5.82 Å². The summed E-state index contributed by atoms with van der Waals surface area (Å²) < 4.78 is 15.8. The fraction of sp³-hybridized carbons (Fsp3) is 0.0625. The lowest BCUT2D eigenvalue weighted by Crippen LogP contribution is -2.14. The summed E-state index contributed by atoms with van der Waals surface area (Å²) in [5.74, 6) is -1.28. The average molecular weight is 378 g/mol. The Morgan fingerprint density at radius 3 is 2.58 bits per heavy atom. The minimum atomic E-state index is -0.665. The van der Waals surface area contributed by atoms with E-state index >= 15 is 0 Å². The van der Waals surface area contributed by atoms with E-state index in [4.69, 9.17) is 11.6 Å². The summed E-state index contributed by atoms with van der Waals surface area (Å²) >= 11 is 8.84. The molecule has 0 spiro atoms. The number of hydrogen-bond acceptors (Lipinski definition) is 5. The van der Waals surface area contributed by atoms with E-state index in [9.17, 15) is 9.18 Å². The van der Waals surface area contributed by atoms with Crippen LogP contribution in [0.3, 0.4) is 0 Å².